The number of benzene rings is 2. The molecule has 5 aromatic rings. The minimum Gasteiger partial charge on any atom is -0.474 e. The number of halogens is 11. The van der Waals surface area contributed by atoms with E-state index in [1.54, 1.807) is 0 Å². The van der Waals surface area contributed by atoms with Gasteiger partial charge in [-0.3, -0.25) is 19.0 Å². The maximum Gasteiger partial charge on any atom is 0.435 e. The molecule has 0 spiro atoms. The van der Waals surface area contributed by atoms with E-state index in [0.717, 1.165) is 42.7 Å². The number of alkyl halides is 8. The molecule has 75 heavy (non-hydrogen) atoms. The van der Waals surface area contributed by atoms with Crippen molar-refractivity contribution >= 4 is 72.1 Å². The van der Waals surface area contributed by atoms with Gasteiger partial charge in [0.15, 0.2) is 21.3 Å². The summed E-state index contributed by atoms with van der Waals surface area (Å²) in [6, 6.07) is 4.35. The highest BCUT2D eigenvalue weighted by Gasteiger charge is 2.68. The maximum absolute atomic E-state index is 15.6. The van der Waals surface area contributed by atoms with Gasteiger partial charge in [0.25, 0.3) is 5.92 Å². The Balaban J connectivity index is 1.45. The number of pyridine rings is 1. The number of aliphatic carboxylic acids is 1. The molecule has 3 N–H and O–H groups in total. The summed E-state index contributed by atoms with van der Waals surface area (Å²) in [6.07, 6.45) is -12.1. The molecular weight excluding hydrogens is 1090 g/mol. The highest BCUT2D eigenvalue weighted by Crippen LogP contribution is 2.68. The molecule has 0 aliphatic heterocycles. The van der Waals surface area contributed by atoms with Crippen molar-refractivity contribution in [2.45, 2.75) is 74.8 Å². The minimum atomic E-state index is -5.25. The summed E-state index contributed by atoms with van der Waals surface area (Å²) in [7, 11) is -8.93. The number of fused-ring (bicyclic) bond motifs is 4. The van der Waals surface area contributed by atoms with Crippen LogP contribution >= 0.6 is 11.6 Å². The lowest BCUT2D eigenvalue weighted by Gasteiger charge is -2.23. The molecule has 1 fully saturated rings. The van der Waals surface area contributed by atoms with Gasteiger partial charge in [-0.25, -0.2) is 40.2 Å². The third-order valence-corrected chi connectivity index (χ3v) is 15.1. The molecule has 3 amide bonds. The van der Waals surface area contributed by atoms with Crippen LogP contribution in [0, 0.1) is 29.4 Å². The van der Waals surface area contributed by atoms with E-state index in [1.165, 1.54) is 13.8 Å². The summed E-state index contributed by atoms with van der Waals surface area (Å²) in [6.45, 7) is -2.61. The number of nitrogens with one attached hydrogen (secondary N) is 2. The van der Waals surface area contributed by atoms with Gasteiger partial charge in [-0.05, 0) is 74.4 Å². The number of ether oxygens (including phenoxy) is 1. The van der Waals surface area contributed by atoms with E-state index in [-0.39, 0.29) is 36.9 Å². The van der Waals surface area contributed by atoms with Crippen molar-refractivity contribution in [3.05, 3.63) is 93.0 Å². The molecule has 2 aromatic carbocycles. The average molecular weight is 1130 g/mol. The number of carbonyl (C=O) groups is 4. The van der Waals surface area contributed by atoms with Crippen LogP contribution in [0.5, 0.6) is 0 Å². The van der Waals surface area contributed by atoms with E-state index in [1.807, 2.05) is 5.32 Å². The Kier molecular flexibility index (Phi) is 14.6. The number of aromatic nitrogens is 5. The van der Waals surface area contributed by atoms with Crippen LogP contribution in [-0.2, 0) is 70.6 Å². The van der Waals surface area contributed by atoms with Crippen LogP contribution in [0.3, 0.4) is 0 Å². The fraction of sp³-hybridized carbons (Fsp3) is 0.386. The number of sulfonamides is 1. The summed E-state index contributed by atoms with van der Waals surface area (Å²) < 4.78 is 202. The van der Waals surface area contributed by atoms with E-state index >= 15 is 8.78 Å². The molecule has 31 heteroatoms. The average Bonchev–Trinajstić information content (AvgIpc) is 3.78. The number of hydrogen-bond acceptors (Lipinski definition) is 12. The molecular formula is C44H37ClF10N8O10S2. The van der Waals surface area contributed by atoms with Gasteiger partial charge < -0.3 is 20.5 Å². The summed E-state index contributed by atoms with van der Waals surface area (Å²) in [5, 5.41) is 18.9. The quantitative estimate of drug-likeness (QED) is 0.0473. The van der Waals surface area contributed by atoms with Gasteiger partial charge in [-0.1, -0.05) is 23.6 Å². The number of carboxylic acids is 1. The molecule has 3 aromatic heterocycles. The lowest BCUT2D eigenvalue weighted by Crippen LogP contribution is -2.39. The van der Waals surface area contributed by atoms with Crippen LogP contribution in [-0.4, -0.2) is 107 Å². The zero-order chi connectivity index (χ0) is 55.7. The van der Waals surface area contributed by atoms with Gasteiger partial charge in [0.2, 0.25) is 15.9 Å². The molecule has 402 valence electrons. The fourth-order valence-corrected chi connectivity index (χ4v) is 9.45. The van der Waals surface area contributed by atoms with Crippen molar-refractivity contribution in [2.24, 2.45) is 5.92 Å². The Morgan fingerprint density at radius 2 is 1.60 bits per heavy atom. The number of anilines is 1. The van der Waals surface area contributed by atoms with Crippen LogP contribution in [0.4, 0.5) is 54.5 Å². The number of carboxylic acid groups (broad SMARTS) is 1. The lowest BCUT2D eigenvalue weighted by molar-refractivity contribution is -0.150. The maximum atomic E-state index is 15.6. The van der Waals surface area contributed by atoms with E-state index in [9.17, 15) is 71.1 Å². The highest BCUT2D eigenvalue weighted by molar-refractivity contribution is 7.93. The molecule has 0 bridgehead atoms. The smallest absolute Gasteiger partial charge is 0.435 e. The van der Waals surface area contributed by atoms with Gasteiger partial charge in [0.05, 0.1) is 40.5 Å². The van der Waals surface area contributed by atoms with Gasteiger partial charge in [-0.15, -0.1) is 0 Å². The first-order valence-electron chi connectivity index (χ1n) is 21.5. The number of sulfone groups is 1. The van der Waals surface area contributed by atoms with Gasteiger partial charge in [0.1, 0.15) is 47.5 Å². The van der Waals surface area contributed by atoms with Crippen LogP contribution in [0.15, 0.2) is 42.5 Å². The fourth-order valence-electron chi connectivity index (χ4n) is 8.22. The molecule has 18 nitrogen and oxygen atoms in total. The van der Waals surface area contributed by atoms with E-state index in [4.69, 9.17) is 21.4 Å². The molecule has 3 atom stereocenters. The molecule has 0 saturated heterocycles. The Hall–Kier alpha value is -7.00. The highest BCUT2D eigenvalue weighted by atomic mass is 35.5. The molecule has 2 aliphatic carbocycles. The number of carbonyl (C=O) groups excluding carboxylic acids is 3. The van der Waals surface area contributed by atoms with Crippen LogP contribution in [0.25, 0.3) is 22.0 Å². The second-order valence-corrected chi connectivity index (χ2v) is 22.5. The minimum absolute atomic E-state index is 0.159. The zero-order valence-electron chi connectivity index (χ0n) is 38.8. The number of amides is 3. The normalized spacial score (nSPS) is 16.6. The van der Waals surface area contributed by atoms with Crippen LogP contribution in [0.2, 0.25) is 5.02 Å². The molecule has 3 heterocycles. The summed E-state index contributed by atoms with van der Waals surface area (Å²) in [5.41, 5.74) is -6.39. The first-order valence-corrected chi connectivity index (χ1v) is 25.6. The van der Waals surface area contributed by atoms with Gasteiger partial charge in [-0.2, -0.15) is 49.6 Å². The van der Waals surface area contributed by atoms with E-state index in [0.29, 0.717) is 12.3 Å². The van der Waals surface area contributed by atoms with Crippen molar-refractivity contribution in [1.82, 2.24) is 35.2 Å². The Labute approximate surface area is 422 Å². The van der Waals surface area contributed by atoms with Crippen molar-refractivity contribution in [3.8, 4) is 23.0 Å². The molecule has 7 rings (SSSR count). The first-order chi connectivity index (χ1) is 34.5. The predicted molar refractivity (Wildman–Crippen MR) is 242 cm³/mol. The molecule has 1 unspecified atom stereocenters. The van der Waals surface area contributed by atoms with Crippen molar-refractivity contribution in [2.75, 3.05) is 30.0 Å². The largest absolute Gasteiger partial charge is 0.474 e. The monoisotopic (exact) mass is 1130 g/mol. The third kappa shape index (κ3) is 11.6. The Bertz CT molecular complexity index is 3480. The van der Waals surface area contributed by atoms with E-state index in [2.05, 4.69) is 32.3 Å². The van der Waals surface area contributed by atoms with E-state index < -0.39 is 179 Å². The zero-order valence-corrected chi connectivity index (χ0v) is 41.2. The number of hydrogen-bond donors (Lipinski definition) is 3. The molecule has 0 radical (unpaired) electrons. The summed E-state index contributed by atoms with van der Waals surface area (Å²) >= 11 is 6.57. The third-order valence-electron chi connectivity index (χ3n) is 11.8. The Morgan fingerprint density at radius 1 is 0.960 bits per heavy atom. The first kappa shape index (κ1) is 55.7. The van der Waals surface area contributed by atoms with Gasteiger partial charge in [0, 0.05) is 34.9 Å². The molecule has 1 saturated carbocycles. The SMILES string of the molecule is CC(C)(C#Cc1ccc(-c2ccc(Cl)c3c(N(C(=O)OCCNC(=O)C(=O)O)S(C)(=O)=O)nn(CC(F)(F)F)c23)c(C(Cc2cc(F)cc(F)c2)NC(=O)Cn2nc(C(F)(F)F)c3c2C(F)(F)[C@@H]2C[C@H]32)n1)S(C)(=O)=O. The van der Waals surface area contributed by atoms with Crippen LogP contribution < -0.4 is 14.9 Å². The topological polar surface area (TPSA) is 242 Å². The second-order valence-electron chi connectivity index (χ2n) is 17.7. The Morgan fingerprint density at radius 3 is 2.19 bits per heavy atom. The number of nitrogens with zero attached hydrogens (tertiary/aromatic N) is 6. The lowest BCUT2D eigenvalue weighted by atomic mass is 9.93. The summed E-state index contributed by atoms with van der Waals surface area (Å²) in [4.78, 5) is 54.5. The number of rotatable bonds is 14. The predicted octanol–water partition coefficient (Wildman–Crippen LogP) is 6.39. The van der Waals surface area contributed by atoms with Crippen molar-refractivity contribution < 1.29 is 89.8 Å². The van der Waals surface area contributed by atoms with Crippen LogP contribution in [0.1, 0.15) is 66.1 Å². The standard InChI is InChI=1S/C44H37ClF10N8O10S2/c1-41(2,74(3,69)70)10-9-23-5-6-24(25-7-8-28(45)32-34(25)62(19-42(48,49)50)60-37(32)63(75(4,71)72)40(68)73-12-11-56-38(65)39(66)67)33(57-23)29(15-20-13-21(46)16-22(47)14-20)58-30(64)18-61-36-31(35(59-61)44(53,54)55)26-17-27(26)43(36,51)52/h5-8,13-14,16,26-27,29H,11-12,15,17-19H2,1-4H3,(H,56,65)(H,58,64)(H,66,67)/t26-,27+,29?/m0/s1. The summed E-state index contributed by atoms with van der Waals surface area (Å²) in [5.74, 6) is -9.95. The van der Waals surface area contributed by atoms with Crippen molar-refractivity contribution in [1.29, 1.82) is 0 Å². The second kappa shape index (κ2) is 19.6. The van der Waals surface area contributed by atoms with Gasteiger partial charge >= 0.3 is 30.3 Å². The molecule has 2 aliphatic rings. The van der Waals surface area contributed by atoms with Crippen molar-refractivity contribution in [3.63, 3.8) is 0 Å².